The summed E-state index contributed by atoms with van der Waals surface area (Å²) in [6.45, 7) is 3.82. The van der Waals surface area contributed by atoms with Gasteiger partial charge in [-0.1, -0.05) is 17.7 Å². The Bertz CT molecular complexity index is 1150. The van der Waals surface area contributed by atoms with E-state index in [0.717, 1.165) is 17.1 Å². The smallest absolute Gasteiger partial charge is 0.277 e. The standard InChI is InChI=1S/C19H15ClN6OS/c1-11-9-12(2)26(25-11)16-7-6-13(20)17(23-16)18(27)24-19-22-15(10-28-19)14-5-3-4-8-21-14/h3-10H,1-2H3,(H,22,24,27). The molecule has 0 radical (unpaired) electrons. The van der Waals surface area contributed by atoms with Crippen molar-refractivity contribution in [2.24, 2.45) is 0 Å². The normalized spacial score (nSPS) is 10.8. The lowest BCUT2D eigenvalue weighted by Gasteiger charge is -2.08. The lowest BCUT2D eigenvalue weighted by atomic mass is 10.3. The van der Waals surface area contributed by atoms with Crippen LogP contribution < -0.4 is 5.32 Å². The van der Waals surface area contributed by atoms with Crippen LogP contribution >= 0.6 is 22.9 Å². The number of nitrogens with zero attached hydrogens (tertiary/aromatic N) is 5. The summed E-state index contributed by atoms with van der Waals surface area (Å²) in [5.41, 5.74) is 3.32. The molecule has 4 aromatic rings. The van der Waals surface area contributed by atoms with Crippen LogP contribution in [0.15, 0.2) is 48.0 Å². The van der Waals surface area contributed by atoms with E-state index >= 15 is 0 Å². The number of aryl methyl sites for hydroxylation is 2. The zero-order valence-corrected chi connectivity index (χ0v) is 16.6. The highest BCUT2D eigenvalue weighted by Gasteiger charge is 2.17. The van der Waals surface area contributed by atoms with E-state index in [-0.39, 0.29) is 10.7 Å². The summed E-state index contributed by atoms with van der Waals surface area (Å²) in [6.07, 6.45) is 1.70. The van der Waals surface area contributed by atoms with Crippen LogP contribution in [0.2, 0.25) is 5.02 Å². The topological polar surface area (TPSA) is 85.6 Å². The summed E-state index contributed by atoms with van der Waals surface area (Å²) in [7, 11) is 0. The largest absolute Gasteiger partial charge is 0.296 e. The van der Waals surface area contributed by atoms with E-state index in [1.54, 1.807) is 23.0 Å². The van der Waals surface area contributed by atoms with Gasteiger partial charge in [-0.2, -0.15) is 5.10 Å². The second-order valence-corrected chi connectivity index (χ2v) is 7.31. The maximum Gasteiger partial charge on any atom is 0.277 e. The number of aromatic nitrogens is 5. The number of amides is 1. The lowest BCUT2D eigenvalue weighted by Crippen LogP contribution is -2.16. The van der Waals surface area contributed by atoms with Crippen LogP contribution in [0, 0.1) is 13.8 Å². The Morgan fingerprint density at radius 2 is 2.00 bits per heavy atom. The van der Waals surface area contributed by atoms with Gasteiger partial charge >= 0.3 is 0 Å². The van der Waals surface area contributed by atoms with E-state index in [1.165, 1.54) is 11.3 Å². The van der Waals surface area contributed by atoms with Crippen LogP contribution in [0.4, 0.5) is 5.13 Å². The van der Waals surface area contributed by atoms with Gasteiger partial charge in [-0.3, -0.25) is 15.1 Å². The quantitative estimate of drug-likeness (QED) is 0.541. The second kappa shape index (κ2) is 7.49. The number of nitrogens with one attached hydrogen (secondary N) is 1. The van der Waals surface area contributed by atoms with Crippen molar-refractivity contribution in [1.82, 2.24) is 24.7 Å². The second-order valence-electron chi connectivity index (χ2n) is 6.05. The lowest BCUT2D eigenvalue weighted by molar-refractivity contribution is 0.102. The molecule has 0 aliphatic heterocycles. The Labute approximate surface area is 170 Å². The van der Waals surface area contributed by atoms with Gasteiger partial charge < -0.3 is 0 Å². The SMILES string of the molecule is Cc1cc(C)n(-c2ccc(Cl)c(C(=O)Nc3nc(-c4ccccn4)cs3)n2)n1. The monoisotopic (exact) mass is 410 g/mol. The molecule has 9 heteroatoms. The van der Waals surface area contributed by atoms with E-state index in [9.17, 15) is 4.79 Å². The van der Waals surface area contributed by atoms with Gasteiger partial charge in [0.05, 0.1) is 16.4 Å². The number of hydrogen-bond donors (Lipinski definition) is 1. The predicted molar refractivity (Wildman–Crippen MR) is 109 cm³/mol. The number of rotatable bonds is 4. The molecule has 1 N–H and O–H groups in total. The van der Waals surface area contributed by atoms with Gasteiger partial charge in [0.1, 0.15) is 11.4 Å². The van der Waals surface area contributed by atoms with Gasteiger partial charge in [0.2, 0.25) is 0 Å². The molecular formula is C19H15ClN6OS. The molecule has 4 rings (SSSR count). The Morgan fingerprint density at radius 1 is 1.14 bits per heavy atom. The number of carbonyl (C=O) groups excluding carboxylic acids is 1. The van der Waals surface area contributed by atoms with Crippen LogP contribution in [0.1, 0.15) is 21.9 Å². The molecule has 0 atom stereocenters. The molecule has 0 saturated heterocycles. The van der Waals surface area contributed by atoms with Gasteiger partial charge in [0, 0.05) is 17.3 Å². The minimum atomic E-state index is -0.435. The van der Waals surface area contributed by atoms with Crippen LogP contribution in [-0.2, 0) is 0 Å². The molecule has 0 bridgehead atoms. The van der Waals surface area contributed by atoms with Crippen molar-refractivity contribution < 1.29 is 4.79 Å². The van der Waals surface area contributed by atoms with Gasteiger partial charge in [-0.25, -0.2) is 14.6 Å². The fraction of sp³-hybridized carbons (Fsp3) is 0.105. The average molecular weight is 411 g/mol. The minimum Gasteiger partial charge on any atom is -0.296 e. The molecule has 7 nitrogen and oxygen atoms in total. The molecule has 28 heavy (non-hydrogen) atoms. The fourth-order valence-electron chi connectivity index (χ4n) is 2.69. The van der Waals surface area contributed by atoms with Crippen LogP contribution in [-0.4, -0.2) is 30.6 Å². The average Bonchev–Trinajstić information content (AvgIpc) is 3.29. The van der Waals surface area contributed by atoms with E-state index in [2.05, 4.69) is 25.4 Å². The third kappa shape index (κ3) is 3.64. The van der Waals surface area contributed by atoms with E-state index in [4.69, 9.17) is 11.6 Å². The van der Waals surface area contributed by atoms with Crippen molar-refractivity contribution in [3.63, 3.8) is 0 Å². The number of hydrogen-bond acceptors (Lipinski definition) is 6. The van der Waals surface area contributed by atoms with Crippen LogP contribution in [0.25, 0.3) is 17.2 Å². The van der Waals surface area contributed by atoms with Gasteiger partial charge in [-0.05, 0) is 44.2 Å². The Kier molecular flexibility index (Phi) is 4.89. The first kappa shape index (κ1) is 18.3. The van der Waals surface area contributed by atoms with Gasteiger partial charge in [0.15, 0.2) is 10.9 Å². The van der Waals surface area contributed by atoms with Crippen LogP contribution in [0.5, 0.6) is 0 Å². The molecule has 0 aromatic carbocycles. The van der Waals surface area contributed by atoms with Crippen molar-refractivity contribution in [2.75, 3.05) is 5.32 Å². The first-order valence-corrected chi connectivity index (χ1v) is 9.65. The van der Waals surface area contributed by atoms with Crippen molar-refractivity contribution in [3.8, 4) is 17.2 Å². The Balaban J connectivity index is 1.59. The van der Waals surface area contributed by atoms with Gasteiger partial charge in [-0.15, -0.1) is 11.3 Å². The Hall–Kier alpha value is -3.10. The summed E-state index contributed by atoms with van der Waals surface area (Å²) >= 11 is 7.52. The van der Waals surface area contributed by atoms with Crippen molar-refractivity contribution >= 4 is 34.0 Å². The molecule has 4 aromatic heterocycles. The summed E-state index contributed by atoms with van der Waals surface area (Å²) in [5.74, 6) is 0.0868. The number of carbonyl (C=O) groups is 1. The highest BCUT2D eigenvalue weighted by Crippen LogP contribution is 2.24. The number of anilines is 1. The summed E-state index contributed by atoms with van der Waals surface area (Å²) < 4.78 is 1.67. The van der Waals surface area contributed by atoms with Gasteiger partial charge in [0.25, 0.3) is 5.91 Å². The molecule has 0 spiro atoms. The molecule has 4 heterocycles. The molecule has 0 saturated carbocycles. The van der Waals surface area contributed by atoms with Crippen molar-refractivity contribution in [1.29, 1.82) is 0 Å². The molecule has 0 unspecified atom stereocenters. The number of pyridine rings is 2. The van der Waals surface area contributed by atoms with E-state index in [1.807, 2.05) is 43.5 Å². The molecule has 0 aliphatic rings. The minimum absolute atomic E-state index is 0.112. The Morgan fingerprint density at radius 3 is 2.71 bits per heavy atom. The van der Waals surface area contributed by atoms with Crippen molar-refractivity contribution in [3.05, 3.63) is 70.1 Å². The highest BCUT2D eigenvalue weighted by molar-refractivity contribution is 7.14. The van der Waals surface area contributed by atoms with E-state index in [0.29, 0.717) is 16.6 Å². The first-order valence-electron chi connectivity index (χ1n) is 8.40. The zero-order chi connectivity index (χ0) is 19.7. The summed E-state index contributed by atoms with van der Waals surface area (Å²) in [4.78, 5) is 25.8. The van der Waals surface area contributed by atoms with Crippen molar-refractivity contribution in [2.45, 2.75) is 13.8 Å². The zero-order valence-electron chi connectivity index (χ0n) is 15.0. The maximum atomic E-state index is 12.7. The third-order valence-electron chi connectivity index (χ3n) is 3.92. The number of halogens is 1. The maximum absolute atomic E-state index is 12.7. The summed E-state index contributed by atoms with van der Waals surface area (Å²) in [5, 5.41) is 9.68. The fourth-order valence-corrected chi connectivity index (χ4v) is 3.58. The molecular weight excluding hydrogens is 396 g/mol. The predicted octanol–water partition coefficient (Wildman–Crippen LogP) is 4.31. The molecule has 140 valence electrons. The van der Waals surface area contributed by atoms with Crippen LogP contribution in [0.3, 0.4) is 0 Å². The van der Waals surface area contributed by atoms with E-state index < -0.39 is 5.91 Å². The summed E-state index contributed by atoms with van der Waals surface area (Å²) in [6, 6.07) is 10.9. The third-order valence-corrected chi connectivity index (χ3v) is 4.99. The number of thiazole rings is 1. The molecule has 0 fully saturated rings. The molecule has 0 aliphatic carbocycles. The first-order chi connectivity index (χ1) is 13.5. The highest BCUT2D eigenvalue weighted by atomic mass is 35.5. The molecule has 1 amide bonds.